The van der Waals surface area contributed by atoms with Gasteiger partial charge in [0.15, 0.2) is 0 Å². The molecule has 0 aromatic heterocycles. The van der Waals surface area contributed by atoms with Crippen LogP contribution in [0, 0.1) is 16.2 Å². The van der Waals surface area contributed by atoms with Crippen molar-refractivity contribution in [1.29, 1.82) is 0 Å². The van der Waals surface area contributed by atoms with E-state index in [0.717, 1.165) is 18.7 Å². The third-order valence-corrected chi connectivity index (χ3v) is 8.27. The van der Waals surface area contributed by atoms with Crippen molar-refractivity contribution in [3.63, 3.8) is 0 Å². The fraction of sp³-hybridized carbons (Fsp3) is 0.864. The van der Waals surface area contributed by atoms with E-state index >= 15 is 0 Å². The Morgan fingerprint density at radius 1 is 0.893 bits per heavy atom. The maximum absolute atomic E-state index is 13.0. The molecular weight excluding hydrogens is 370 g/mol. The van der Waals surface area contributed by atoms with Crippen molar-refractivity contribution >= 4 is 15.9 Å². The number of amidine groups is 1. The maximum Gasteiger partial charge on any atom is 0.217 e. The molecule has 3 aliphatic rings. The lowest BCUT2D eigenvalue weighted by Crippen LogP contribution is -2.56. The molecule has 0 bridgehead atoms. The van der Waals surface area contributed by atoms with Crippen molar-refractivity contribution in [2.75, 3.05) is 19.6 Å². The molecule has 0 amide bonds. The van der Waals surface area contributed by atoms with Gasteiger partial charge in [0, 0.05) is 24.2 Å². The predicted octanol–water partition coefficient (Wildman–Crippen LogP) is 4.27. The third kappa shape index (κ3) is 3.91. The van der Waals surface area contributed by atoms with Crippen LogP contribution in [0.3, 0.4) is 0 Å². The maximum atomic E-state index is 13.0. The van der Waals surface area contributed by atoms with Crippen LogP contribution in [-0.4, -0.2) is 54.4 Å². The predicted molar refractivity (Wildman–Crippen MR) is 117 cm³/mol. The van der Waals surface area contributed by atoms with Gasteiger partial charge < -0.3 is 4.90 Å². The number of piperazine rings is 1. The summed E-state index contributed by atoms with van der Waals surface area (Å²) in [7, 11) is -3.18. The van der Waals surface area contributed by atoms with Gasteiger partial charge in [0.25, 0.3) is 0 Å². The molecule has 0 radical (unpaired) electrons. The van der Waals surface area contributed by atoms with Gasteiger partial charge >= 0.3 is 0 Å². The zero-order valence-corrected chi connectivity index (χ0v) is 20.1. The van der Waals surface area contributed by atoms with Crippen molar-refractivity contribution in [3.8, 4) is 0 Å². The summed E-state index contributed by atoms with van der Waals surface area (Å²) >= 11 is 0. The average molecular weight is 410 g/mol. The van der Waals surface area contributed by atoms with Crippen LogP contribution in [0.1, 0.15) is 75.2 Å². The molecule has 2 heterocycles. The van der Waals surface area contributed by atoms with Crippen LogP contribution in [0.4, 0.5) is 0 Å². The van der Waals surface area contributed by atoms with E-state index in [0.29, 0.717) is 19.6 Å². The highest BCUT2D eigenvalue weighted by atomic mass is 32.2. The SMILES string of the molecule is CC(C)(C)C1=NC(C(C)(C)C)C(C(C)(C)C)=C2CN(S(=O)(=O)C3CC3)CCN12. The van der Waals surface area contributed by atoms with Gasteiger partial charge in [0.1, 0.15) is 5.84 Å². The molecule has 1 aliphatic carbocycles. The molecule has 0 aromatic carbocycles. The smallest absolute Gasteiger partial charge is 0.217 e. The monoisotopic (exact) mass is 409 g/mol. The van der Waals surface area contributed by atoms with E-state index in [1.807, 2.05) is 0 Å². The average Bonchev–Trinajstić information content (AvgIpc) is 3.34. The Balaban J connectivity index is 2.15. The summed E-state index contributed by atoms with van der Waals surface area (Å²) in [5, 5.41) is -0.157. The van der Waals surface area contributed by atoms with E-state index in [1.165, 1.54) is 11.3 Å². The molecule has 2 aliphatic heterocycles. The minimum atomic E-state index is -3.18. The zero-order chi connectivity index (χ0) is 21.3. The highest BCUT2D eigenvalue weighted by molar-refractivity contribution is 7.90. The van der Waals surface area contributed by atoms with Crippen molar-refractivity contribution in [2.24, 2.45) is 21.2 Å². The first kappa shape index (κ1) is 21.8. The number of hydrogen-bond donors (Lipinski definition) is 0. The quantitative estimate of drug-likeness (QED) is 0.684. The van der Waals surface area contributed by atoms with Gasteiger partial charge in [-0.25, -0.2) is 8.42 Å². The van der Waals surface area contributed by atoms with Crippen LogP contribution in [0.15, 0.2) is 16.3 Å². The Bertz CT molecular complexity index is 800. The first-order chi connectivity index (χ1) is 12.5. The lowest BCUT2D eigenvalue weighted by molar-refractivity contribution is 0.241. The van der Waals surface area contributed by atoms with Gasteiger partial charge in [0.2, 0.25) is 10.0 Å². The largest absolute Gasteiger partial charge is 0.331 e. The van der Waals surface area contributed by atoms with E-state index in [4.69, 9.17) is 4.99 Å². The Hall–Kier alpha value is -0.880. The Labute approximate surface area is 172 Å². The van der Waals surface area contributed by atoms with Gasteiger partial charge in [-0.05, 0) is 29.2 Å². The fourth-order valence-electron chi connectivity index (χ4n) is 4.42. The number of hydrogen-bond acceptors (Lipinski definition) is 4. The number of nitrogens with zero attached hydrogens (tertiary/aromatic N) is 3. The van der Waals surface area contributed by atoms with E-state index in [-0.39, 0.29) is 27.5 Å². The molecule has 1 saturated carbocycles. The normalized spacial score (nSPS) is 25.7. The molecule has 1 atom stereocenters. The van der Waals surface area contributed by atoms with Gasteiger partial charge in [0.05, 0.1) is 17.8 Å². The first-order valence-electron chi connectivity index (χ1n) is 10.6. The molecule has 3 rings (SSSR count). The molecule has 28 heavy (non-hydrogen) atoms. The first-order valence-corrected chi connectivity index (χ1v) is 12.1. The molecule has 160 valence electrons. The van der Waals surface area contributed by atoms with E-state index in [2.05, 4.69) is 67.2 Å². The molecule has 0 aromatic rings. The Morgan fingerprint density at radius 3 is 1.89 bits per heavy atom. The van der Waals surface area contributed by atoms with Crippen LogP contribution in [0.25, 0.3) is 0 Å². The van der Waals surface area contributed by atoms with Gasteiger partial charge in [-0.15, -0.1) is 0 Å². The van der Waals surface area contributed by atoms with Crippen LogP contribution >= 0.6 is 0 Å². The molecule has 1 saturated heterocycles. The summed E-state index contributed by atoms with van der Waals surface area (Å²) in [4.78, 5) is 7.64. The van der Waals surface area contributed by atoms with Crippen molar-refractivity contribution in [3.05, 3.63) is 11.3 Å². The van der Waals surface area contributed by atoms with Gasteiger partial charge in [-0.3, -0.25) is 4.99 Å². The standard InChI is InChI=1S/C22H39N3O2S/c1-20(2,3)17-16-14-24(28(26,27)15-10-11-15)12-13-25(16)19(22(7,8)9)23-18(17)21(4,5)6/h15,18H,10-14H2,1-9H3. The summed E-state index contributed by atoms with van der Waals surface area (Å²) in [6, 6.07) is 0.0524. The summed E-state index contributed by atoms with van der Waals surface area (Å²) in [6.45, 7) is 21.8. The fourth-order valence-corrected chi connectivity index (χ4v) is 6.21. The van der Waals surface area contributed by atoms with Crippen LogP contribution in [-0.2, 0) is 10.0 Å². The van der Waals surface area contributed by atoms with Gasteiger partial charge in [-0.2, -0.15) is 4.31 Å². The Kier molecular flexibility index (Phi) is 5.11. The lowest BCUT2D eigenvalue weighted by atomic mass is 9.70. The van der Waals surface area contributed by atoms with Crippen molar-refractivity contribution in [1.82, 2.24) is 9.21 Å². The van der Waals surface area contributed by atoms with Crippen LogP contribution in [0.5, 0.6) is 0 Å². The third-order valence-electron chi connectivity index (χ3n) is 5.92. The van der Waals surface area contributed by atoms with Gasteiger partial charge in [-0.1, -0.05) is 62.3 Å². The molecule has 2 fully saturated rings. The number of aliphatic imine (C=N–C) groups is 1. The van der Waals surface area contributed by atoms with Crippen molar-refractivity contribution < 1.29 is 8.42 Å². The summed E-state index contributed by atoms with van der Waals surface area (Å²) in [6.07, 6.45) is 1.63. The molecule has 0 spiro atoms. The number of rotatable bonds is 2. The van der Waals surface area contributed by atoms with E-state index in [1.54, 1.807) is 4.31 Å². The number of fused-ring (bicyclic) bond motifs is 1. The van der Waals surface area contributed by atoms with E-state index < -0.39 is 10.0 Å². The highest BCUT2D eigenvalue weighted by Gasteiger charge is 2.48. The van der Waals surface area contributed by atoms with Crippen molar-refractivity contribution in [2.45, 2.75) is 86.4 Å². The minimum Gasteiger partial charge on any atom is -0.331 e. The second-order valence-electron chi connectivity index (χ2n) is 11.8. The second kappa shape index (κ2) is 6.56. The Morgan fingerprint density at radius 2 is 1.46 bits per heavy atom. The zero-order valence-electron chi connectivity index (χ0n) is 19.3. The lowest BCUT2D eigenvalue weighted by Gasteiger charge is -2.50. The molecule has 5 nitrogen and oxygen atoms in total. The molecule has 6 heteroatoms. The summed E-state index contributed by atoms with van der Waals surface area (Å²) in [5.41, 5.74) is 2.27. The van der Waals surface area contributed by atoms with Crippen LogP contribution in [0.2, 0.25) is 0 Å². The minimum absolute atomic E-state index is 0.0319. The summed E-state index contributed by atoms with van der Waals surface area (Å²) in [5.74, 6) is 1.10. The van der Waals surface area contributed by atoms with E-state index in [9.17, 15) is 8.42 Å². The van der Waals surface area contributed by atoms with Crippen LogP contribution < -0.4 is 0 Å². The molecular formula is C22H39N3O2S. The second-order valence-corrected chi connectivity index (χ2v) is 14.0. The molecule has 1 unspecified atom stereocenters. The highest BCUT2D eigenvalue weighted by Crippen LogP contribution is 2.46. The number of sulfonamides is 1. The topological polar surface area (TPSA) is 53.0 Å². The summed E-state index contributed by atoms with van der Waals surface area (Å²) < 4.78 is 27.7. The molecule has 0 N–H and O–H groups in total.